The van der Waals surface area contributed by atoms with E-state index in [9.17, 15) is 4.79 Å². The van der Waals surface area contributed by atoms with Crippen LogP contribution in [0.2, 0.25) is 0 Å². The molecule has 1 atom stereocenters. The van der Waals surface area contributed by atoms with Gasteiger partial charge in [0.25, 0.3) is 0 Å². The molecule has 7 heteroatoms. The Bertz CT molecular complexity index is 1080. The van der Waals surface area contributed by atoms with Crippen molar-refractivity contribution < 1.29 is 9.53 Å². The van der Waals surface area contributed by atoms with Crippen molar-refractivity contribution in [2.24, 2.45) is 0 Å². The summed E-state index contributed by atoms with van der Waals surface area (Å²) in [6, 6.07) is 13.7. The van der Waals surface area contributed by atoms with Crippen molar-refractivity contribution >= 4 is 23.4 Å². The number of rotatable bonds is 9. The topological polar surface area (TPSA) is 69.0 Å². The number of nitrogens with zero attached hydrogens (tertiary/aromatic N) is 3. The molecule has 0 fully saturated rings. The molecule has 6 nitrogen and oxygen atoms in total. The third-order valence-corrected chi connectivity index (χ3v) is 5.81. The Morgan fingerprint density at radius 1 is 1.19 bits per heavy atom. The van der Waals surface area contributed by atoms with Crippen LogP contribution in [0.3, 0.4) is 0 Å². The maximum atomic E-state index is 12.4. The molecule has 162 valence electrons. The summed E-state index contributed by atoms with van der Waals surface area (Å²) >= 11 is 1.34. The molecular formula is C24H28N4O2S. The van der Waals surface area contributed by atoms with E-state index in [-0.39, 0.29) is 17.8 Å². The number of hydrogen-bond acceptors (Lipinski definition) is 5. The molecule has 1 N–H and O–H groups in total. The minimum atomic E-state index is -0.301. The highest BCUT2D eigenvalue weighted by molar-refractivity contribution is 7.99. The molecule has 1 amide bonds. The quantitative estimate of drug-likeness (QED) is 0.366. The Balaban J connectivity index is 1.68. The number of carbonyl (C=O) groups is 1. The van der Waals surface area contributed by atoms with Crippen LogP contribution >= 0.6 is 11.8 Å². The minimum absolute atomic E-state index is 0.0928. The third-order valence-electron chi connectivity index (χ3n) is 4.85. The fourth-order valence-electron chi connectivity index (χ4n) is 3.10. The summed E-state index contributed by atoms with van der Waals surface area (Å²) in [7, 11) is 0. The van der Waals surface area contributed by atoms with Gasteiger partial charge in [-0.1, -0.05) is 36.0 Å². The van der Waals surface area contributed by atoms with Crippen LogP contribution in [0.25, 0.3) is 0 Å². The van der Waals surface area contributed by atoms with Gasteiger partial charge in [0.1, 0.15) is 5.75 Å². The number of hydrogen-bond donors (Lipinski definition) is 1. The van der Waals surface area contributed by atoms with E-state index in [1.165, 1.54) is 22.9 Å². The van der Waals surface area contributed by atoms with Gasteiger partial charge in [0, 0.05) is 12.2 Å². The average Bonchev–Trinajstić information content (AvgIpc) is 3.12. The lowest BCUT2D eigenvalue weighted by molar-refractivity contribution is -0.113. The second-order valence-electron chi connectivity index (χ2n) is 7.45. The van der Waals surface area contributed by atoms with Crippen LogP contribution in [-0.2, 0) is 11.3 Å². The predicted octanol–water partition coefficient (Wildman–Crippen LogP) is 5.26. The Kier molecular flexibility index (Phi) is 7.52. The van der Waals surface area contributed by atoms with Crippen molar-refractivity contribution in [1.29, 1.82) is 0 Å². The van der Waals surface area contributed by atoms with Gasteiger partial charge in [0.2, 0.25) is 5.91 Å². The lowest BCUT2D eigenvalue weighted by Gasteiger charge is -2.16. The summed E-state index contributed by atoms with van der Waals surface area (Å²) in [5, 5.41) is 12.2. The van der Waals surface area contributed by atoms with Crippen LogP contribution in [0.1, 0.15) is 35.5 Å². The van der Waals surface area contributed by atoms with E-state index in [2.05, 4.69) is 35.9 Å². The molecule has 3 aromatic rings. The first kappa shape index (κ1) is 22.6. The molecule has 0 spiro atoms. The van der Waals surface area contributed by atoms with E-state index in [1.54, 1.807) is 6.08 Å². The van der Waals surface area contributed by atoms with Crippen LogP contribution in [0.4, 0.5) is 5.69 Å². The van der Waals surface area contributed by atoms with Crippen molar-refractivity contribution in [1.82, 2.24) is 14.8 Å². The van der Waals surface area contributed by atoms with Gasteiger partial charge in [-0.3, -0.25) is 9.36 Å². The SMILES string of the molecule is C=CCn1c(SCC(=O)Nc2cccc(C)c2)nnc1C(C)Oc1ccc(C)c(C)c1. The summed E-state index contributed by atoms with van der Waals surface area (Å²) in [4.78, 5) is 12.4. The van der Waals surface area contributed by atoms with Gasteiger partial charge in [-0.05, 0) is 68.7 Å². The second-order valence-corrected chi connectivity index (χ2v) is 8.40. The molecule has 0 radical (unpaired) electrons. The molecule has 1 unspecified atom stereocenters. The highest BCUT2D eigenvalue weighted by Gasteiger charge is 2.20. The van der Waals surface area contributed by atoms with Gasteiger partial charge in [-0.15, -0.1) is 16.8 Å². The molecule has 0 aliphatic carbocycles. The Hall–Kier alpha value is -3.06. The van der Waals surface area contributed by atoms with E-state index in [4.69, 9.17) is 4.74 Å². The summed E-state index contributed by atoms with van der Waals surface area (Å²) in [5.41, 5.74) is 4.28. The summed E-state index contributed by atoms with van der Waals surface area (Å²) < 4.78 is 8.04. The van der Waals surface area contributed by atoms with Gasteiger partial charge in [0.15, 0.2) is 17.1 Å². The molecule has 0 saturated carbocycles. The molecule has 2 aromatic carbocycles. The highest BCUT2D eigenvalue weighted by atomic mass is 32.2. The van der Waals surface area contributed by atoms with Gasteiger partial charge in [-0.25, -0.2) is 0 Å². The minimum Gasteiger partial charge on any atom is -0.483 e. The van der Waals surface area contributed by atoms with Crippen molar-refractivity contribution in [2.45, 2.75) is 45.5 Å². The molecule has 31 heavy (non-hydrogen) atoms. The maximum Gasteiger partial charge on any atom is 0.234 e. The third kappa shape index (κ3) is 5.98. The van der Waals surface area contributed by atoms with Crippen LogP contribution in [-0.4, -0.2) is 26.4 Å². The number of nitrogens with one attached hydrogen (secondary N) is 1. The van der Waals surface area contributed by atoms with Crippen LogP contribution in [0.15, 0.2) is 60.3 Å². The zero-order chi connectivity index (χ0) is 22.4. The number of benzene rings is 2. The van der Waals surface area contributed by atoms with Crippen LogP contribution in [0.5, 0.6) is 5.75 Å². The first-order valence-corrected chi connectivity index (χ1v) is 11.1. The molecule has 0 bridgehead atoms. The zero-order valence-corrected chi connectivity index (χ0v) is 19.2. The Labute approximate surface area is 187 Å². The maximum absolute atomic E-state index is 12.4. The number of thioether (sulfide) groups is 1. The van der Waals surface area contributed by atoms with E-state index in [0.29, 0.717) is 17.5 Å². The fourth-order valence-corrected chi connectivity index (χ4v) is 3.86. The number of aromatic nitrogens is 3. The van der Waals surface area contributed by atoms with Crippen molar-refractivity contribution in [3.8, 4) is 5.75 Å². The van der Waals surface area contributed by atoms with E-state index in [0.717, 1.165) is 17.0 Å². The van der Waals surface area contributed by atoms with Gasteiger partial charge >= 0.3 is 0 Å². The standard InChI is InChI=1S/C24H28N4O2S/c1-6-12-28-23(19(5)30-21-11-10-17(3)18(4)14-21)26-27-24(28)31-15-22(29)25-20-9-7-8-16(2)13-20/h6-11,13-14,19H,1,12,15H2,2-5H3,(H,25,29). The second kappa shape index (κ2) is 10.3. The number of ether oxygens (including phenoxy) is 1. The van der Waals surface area contributed by atoms with Crippen molar-refractivity contribution in [2.75, 3.05) is 11.1 Å². The largest absolute Gasteiger partial charge is 0.483 e. The number of aryl methyl sites for hydroxylation is 3. The first-order chi connectivity index (χ1) is 14.9. The average molecular weight is 437 g/mol. The first-order valence-electron chi connectivity index (χ1n) is 10.1. The molecule has 1 heterocycles. The molecular weight excluding hydrogens is 408 g/mol. The lowest BCUT2D eigenvalue weighted by Crippen LogP contribution is -2.15. The van der Waals surface area contributed by atoms with Crippen LogP contribution < -0.4 is 10.1 Å². The molecule has 0 aliphatic heterocycles. The molecule has 3 rings (SSSR count). The van der Waals surface area contributed by atoms with E-state index in [1.807, 2.05) is 60.9 Å². The summed E-state index contributed by atoms with van der Waals surface area (Å²) in [6.45, 7) is 12.4. The van der Waals surface area contributed by atoms with E-state index >= 15 is 0 Å². The Morgan fingerprint density at radius 3 is 2.71 bits per heavy atom. The van der Waals surface area contributed by atoms with Crippen molar-refractivity contribution in [3.05, 3.63) is 77.6 Å². The monoisotopic (exact) mass is 436 g/mol. The number of amides is 1. The molecule has 0 aliphatic rings. The number of allylic oxidation sites excluding steroid dienone is 1. The highest BCUT2D eigenvalue weighted by Crippen LogP contribution is 2.26. The summed E-state index contributed by atoms with van der Waals surface area (Å²) in [6.07, 6.45) is 1.48. The number of anilines is 1. The fraction of sp³-hybridized carbons (Fsp3) is 0.292. The van der Waals surface area contributed by atoms with Gasteiger partial charge in [0.05, 0.1) is 5.75 Å². The van der Waals surface area contributed by atoms with Crippen LogP contribution in [0, 0.1) is 20.8 Å². The number of carbonyl (C=O) groups excluding carboxylic acids is 1. The van der Waals surface area contributed by atoms with Gasteiger partial charge < -0.3 is 10.1 Å². The summed E-state index contributed by atoms with van der Waals surface area (Å²) in [5.74, 6) is 1.62. The smallest absolute Gasteiger partial charge is 0.234 e. The zero-order valence-electron chi connectivity index (χ0n) is 18.4. The molecule has 0 saturated heterocycles. The molecule has 1 aromatic heterocycles. The van der Waals surface area contributed by atoms with E-state index < -0.39 is 0 Å². The van der Waals surface area contributed by atoms with Gasteiger partial charge in [-0.2, -0.15) is 0 Å². The Morgan fingerprint density at radius 2 is 2.00 bits per heavy atom. The lowest BCUT2D eigenvalue weighted by atomic mass is 10.1. The predicted molar refractivity (Wildman–Crippen MR) is 126 cm³/mol. The normalized spacial score (nSPS) is 11.7. The van der Waals surface area contributed by atoms with Crippen molar-refractivity contribution in [3.63, 3.8) is 0 Å².